The van der Waals surface area contributed by atoms with Crippen molar-refractivity contribution in [2.45, 2.75) is 26.0 Å². The molecule has 1 saturated heterocycles. The number of hydrogen-bond acceptors (Lipinski definition) is 3. The molecule has 1 aromatic rings. The Morgan fingerprint density at radius 3 is 2.89 bits per heavy atom. The number of nitrogens with one attached hydrogen (secondary N) is 1. The Labute approximate surface area is 107 Å². The fourth-order valence-electron chi connectivity index (χ4n) is 2.18. The molecule has 100 valence electrons. The first-order chi connectivity index (χ1) is 8.72. The fourth-order valence-corrected chi connectivity index (χ4v) is 2.18. The maximum absolute atomic E-state index is 13.6. The fraction of sp³-hybridized carbons (Fsp3) is 0.571. The molecule has 2 rings (SSSR count). The van der Waals surface area contributed by atoms with Gasteiger partial charge >= 0.3 is 0 Å². The molecule has 1 fully saturated rings. The summed E-state index contributed by atoms with van der Waals surface area (Å²) in [6.45, 7) is 6.38. The van der Waals surface area contributed by atoms with Crippen LogP contribution in [0.5, 0.6) is 0 Å². The van der Waals surface area contributed by atoms with E-state index in [9.17, 15) is 4.39 Å². The molecular weight excluding hydrogens is 233 g/mol. The summed E-state index contributed by atoms with van der Waals surface area (Å²) in [6.07, 6.45) is -0.0548. The van der Waals surface area contributed by atoms with Gasteiger partial charge in [-0.2, -0.15) is 0 Å². The molecule has 0 aromatic heterocycles. The van der Waals surface area contributed by atoms with Crippen molar-refractivity contribution >= 4 is 0 Å². The quantitative estimate of drug-likeness (QED) is 0.892. The molecule has 18 heavy (non-hydrogen) atoms. The van der Waals surface area contributed by atoms with Crippen molar-refractivity contribution < 1.29 is 13.9 Å². The van der Waals surface area contributed by atoms with Gasteiger partial charge in [0, 0.05) is 0 Å². The summed E-state index contributed by atoms with van der Waals surface area (Å²) in [6, 6.07) is 5.31. The van der Waals surface area contributed by atoms with Gasteiger partial charge in [0.05, 0.1) is 25.9 Å². The molecule has 2 unspecified atom stereocenters. The number of benzene rings is 1. The Morgan fingerprint density at radius 1 is 1.44 bits per heavy atom. The summed E-state index contributed by atoms with van der Waals surface area (Å²) < 4.78 is 24.8. The van der Waals surface area contributed by atoms with E-state index >= 15 is 0 Å². The molecule has 1 aliphatic heterocycles. The second kappa shape index (κ2) is 6.27. The van der Waals surface area contributed by atoms with Crippen LogP contribution >= 0.6 is 0 Å². The van der Waals surface area contributed by atoms with Gasteiger partial charge in [0.15, 0.2) is 0 Å². The molecule has 0 bridgehead atoms. The van der Waals surface area contributed by atoms with E-state index < -0.39 is 0 Å². The van der Waals surface area contributed by atoms with E-state index in [4.69, 9.17) is 9.47 Å². The molecule has 0 spiro atoms. The standard InChI is InChI=1S/C14H20FNO2/c1-3-16-14(13-9-17-6-7-18-13)11-5-4-10(2)12(15)8-11/h4-5,8,13-14,16H,3,6-7,9H2,1-2H3. The summed E-state index contributed by atoms with van der Waals surface area (Å²) in [5.74, 6) is -0.174. The lowest BCUT2D eigenvalue weighted by molar-refractivity contribution is -0.102. The average Bonchev–Trinajstić information content (AvgIpc) is 2.40. The molecule has 1 aliphatic rings. The van der Waals surface area contributed by atoms with Crippen LogP contribution < -0.4 is 5.32 Å². The lowest BCUT2D eigenvalue weighted by atomic mass is 9.99. The predicted octanol–water partition coefficient (Wildman–Crippen LogP) is 2.20. The monoisotopic (exact) mass is 253 g/mol. The highest BCUT2D eigenvalue weighted by Crippen LogP contribution is 2.23. The molecule has 1 N–H and O–H groups in total. The Hall–Kier alpha value is -0.970. The second-order valence-corrected chi connectivity index (χ2v) is 4.53. The molecule has 3 nitrogen and oxygen atoms in total. The topological polar surface area (TPSA) is 30.5 Å². The predicted molar refractivity (Wildman–Crippen MR) is 68.1 cm³/mol. The SMILES string of the molecule is CCNC(c1ccc(C)c(F)c1)C1COCCO1. The van der Waals surface area contributed by atoms with Crippen LogP contribution in [-0.4, -0.2) is 32.5 Å². The van der Waals surface area contributed by atoms with Gasteiger partial charge in [0.1, 0.15) is 11.9 Å². The molecule has 2 atom stereocenters. The molecule has 4 heteroatoms. The van der Waals surface area contributed by atoms with Gasteiger partial charge in [-0.3, -0.25) is 0 Å². The van der Waals surface area contributed by atoms with Crippen LogP contribution in [0, 0.1) is 12.7 Å². The molecule has 0 saturated carbocycles. The zero-order chi connectivity index (χ0) is 13.0. The molecule has 0 radical (unpaired) electrons. The van der Waals surface area contributed by atoms with Crippen molar-refractivity contribution in [3.05, 3.63) is 35.1 Å². The van der Waals surface area contributed by atoms with E-state index in [2.05, 4.69) is 5.32 Å². The van der Waals surface area contributed by atoms with Crippen LogP contribution in [0.15, 0.2) is 18.2 Å². The van der Waals surface area contributed by atoms with E-state index in [0.29, 0.717) is 25.4 Å². The number of ether oxygens (including phenoxy) is 2. The zero-order valence-corrected chi connectivity index (χ0v) is 10.9. The highest BCUT2D eigenvalue weighted by molar-refractivity contribution is 5.26. The van der Waals surface area contributed by atoms with Crippen LogP contribution in [-0.2, 0) is 9.47 Å². The third-order valence-corrected chi connectivity index (χ3v) is 3.19. The minimum absolute atomic E-state index is 0.0228. The van der Waals surface area contributed by atoms with Crippen molar-refractivity contribution in [3.63, 3.8) is 0 Å². The number of aryl methyl sites for hydroxylation is 1. The molecule has 1 heterocycles. The Bertz CT molecular complexity index is 391. The molecule has 1 aromatic carbocycles. The van der Waals surface area contributed by atoms with E-state index in [1.807, 2.05) is 13.0 Å². The van der Waals surface area contributed by atoms with Crippen molar-refractivity contribution in [2.75, 3.05) is 26.4 Å². The first-order valence-electron chi connectivity index (χ1n) is 6.41. The normalized spacial score (nSPS) is 21.8. The van der Waals surface area contributed by atoms with Gasteiger partial charge in [0.2, 0.25) is 0 Å². The average molecular weight is 253 g/mol. The number of likely N-dealkylation sites (N-methyl/N-ethyl adjacent to an activating group) is 1. The third kappa shape index (κ3) is 3.07. The van der Waals surface area contributed by atoms with Crippen LogP contribution in [0.1, 0.15) is 24.1 Å². The van der Waals surface area contributed by atoms with Gasteiger partial charge < -0.3 is 14.8 Å². The maximum Gasteiger partial charge on any atom is 0.126 e. The lowest BCUT2D eigenvalue weighted by Crippen LogP contribution is -2.40. The van der Waals surface area contributed by atoms with Gasteiger partial charge in [-0.25, -0.2) is 4.39 Å². The van der Waals surface area contributed by atoms with Gasteiger partial charge in [0.25, 0.3) is 0 Å². The molecule has 0 aliphatic carbocycles. The van der Waals surface area contributed by atoms with Crippen molar-refractivity contribution in [2.24, 2.45) is 0 Å². The highest BCUT2D eigenvalue weighted by atomic mass is 19.1. The lowest BCUT2D eigenvalue weighted by Gasteiger charge is -2.31. The molecule has 0 amide bonds. The van der Waals surface area contributed by atoms with Gasteiger partial charge in [-0.05, 0) is 30.7 Å². The number of hydrogen-bond donors (Lipinski definition) is 1. The first-order valence-corrected chi connectivity index (χ1v) is 6.41. The van der Waals surface area contributed by atoms with Crippen LogP contribution in [0.4, 0.5) is 4.39 Å². The largest absolute Gasteiger partial charge is 0.376 e. The summed E-state index contributed by atoms with van der Waals surface area (Å²) in [4.78, 5) is 0. The Kier molecular flexibility index (Phi) is 4.69. The van der Waals surface area contributed by atoms with Gasteiger partial charge in [-0.1, -0.05) is 19.1 Å². The van der Waals surface area contributed by atoms with Crippen molar-refractivity contribution in [1.29, 1.82) is 0 Å². The number of halogens is 1. The second-order valence-electron chi connectivity index (χ2n) is 4.53. The summed E-state index contributed by atoms with van der Waals surface area (Å²) in [5.41, 5.74) is 1.57. The minimum Gasteiger partial charge on any atom is -0.376 e. The third-order valence-electron chi connectivity index (χ3n) is 3.19. The van der Waals surface area contributed by atoms with Crippen molar-refractivity contribution in [1.82, 2.24) is 5.32 Å². The zero-order valence-electron chi connectivity index (χ0n) is 10.9. The van der Waals surface area contributed by atoms with Crippen LogP contribution in [0.3, 0.4) is 0 Å². The van der Waals surface area contributed by atoms with Gasteiger partial charge in [-0.15, -0.1) is 0 Å². The Morgan fingerprint density at radius 2 is 2.28 bits per heavy atom. The summed E-state index contributed by atoms with van der Waals surface area (Å²) in [5, 5.41) is 3.34. The van der Waals surface area contributed by atoms with Crippen LogP contribution in [0.2, 0.25) is 0 Å². The van der Waals surface area contributed by atoms with Crippen molar-refractivity contribution in [3.8, 4) is 0 Å². The smallest absolute Gasteiger partial charge is 0.126 e. The summed E-state index contributed by atoms with van der Waals surface area (Å²) >= 11 is 0. The first kappa shape index (κ1) is 13.5. The van der Waals surface area contributed by atoms with E-state index in [-0.39, 0.29) is 18.0 Å². The maximum atomic E-state index is 13.6. The van der Waals surface area contributed by atoms with E-state index in [1.54, 1.807) is 19.1 Å². The highest BCUT2D eigenvalue weighted by Gasteiger charge is 2.26. The Balaban J connectivity index is 2.19. The summed E-state index contributed by atoms with van der Waals surface area (Å²) in [7, 11) is 0. The minimum atomic E-state index is -0.174. The number of rotatable bonds is 4. The van der Waals surface area contributed by atoms with Crippen LogP contribution in [0.25, 0.3) is 0 Å². The van der Waals surface area contributed by atoms with E-state index in [1.165, 1.54) is 0 Å². The van der Waals surface area contributed by atoms with E-state index in [0.717, 1.165) is 12.1 Å². The molecular formula is C14H20FNO2.